The van der Waals surface area contributed by atoms with Crippen molar-refractivity contribution >= 4 is 23.0 Å². The highest BCUT2D eigenvalue weighted by Gasteiger charge is 2.10. The second-order valence-electron chi connectivity index (χ2n) is 8.17. The molecule has 0 spiro atoms. The minimum absolute atomic E-state index is 0.0112. The second-order valence-corrected chi connectivity index (χ2v) is 9.02. The van der Waals surface area contributed by atoms with Gasteiger partial charge in [0.25, 0.3) is 0 Å². The van der Waals surface area contributed by atoms with Gasteiger partial charge in [-0.3, -0.25) is 9.59 Å². The summed E-state index contributed by atoms with van der Waals surface area (Å²) in [4.78, 5) is 29.2. The Balaban J connectivity index is 1.28. The van der Waals surface area contributed by atoms with Gasteiger partial charge >= 0.3 is 0 Å². The molecule has 0 saturated carbocycles. The van der Waals surface area contributed by atoms with Crippen molar-refractivity contribution in [2.75, 3.05) is 0 Å². The van der Waals surface area contributed by atoms with Crippen molar-refractivity contribution in [3.63, 3.8) is 0 Å². The average Bonchev–Trinajstić information content (AvgIpc) is 3.33. The fourth-order valence-corrected chi connectivity index (χ4v) is 4.26. The van der Waals surface area contributed by atoms with Crippen LogP contribution in [0.25, 0.3) is 21.8 Å². The maximum atomic E-state index is 12.2. The van der Waals surface area contributed by atoms with Crippen LogP contribution in [-0.2, 0) is 11.3 Å². The van der Waals surface area contributed by atoms with Crippen LogP contribution in [0.2, 0.25) is 0 Å². The highest BCUT2D eigenvalue weighted by Crippen LogP contribution is 2.29. The molecule has 0 aliphatic heterocycles. The summed E-state index contributed by atoms with van der Waals surface area (Å²) in [6.45, 7) is 4.49. The lowest BCUT2D eigenvalue weighted by Gasteiger charge is -2.06. The Morgan fingerprint density at radius 3 is 2.06 bits per heavy atom. The van der Waals surface area contributed by atoms with E-state index in [0.29, 0.717) is 12.1 Å². The fourth-order valence-electron chi connectivity index (χ4n) is 3.43. The SMILES string of the molecule is Cc1ccc(C(=O)CCC(=O)NCc2ccc(-c3nc(-c4ccc(C)cc4)cs3)cc2)cc1. The van der Waals surface area contributed by atoms with E-state index < -0.39 is 0 Å². The van der Waals surface area contributed by atoms with Crippen molar-refractivity contribution in [2.45, 2.75) is 33.2 Å². The van der Waals surface area contributed by atoms with E-state index in [9.17, 15) is 9.59 Å². The van der Waals surface area contributed by atoms with Crippen LogP contribution in [-0.4, -0.2) is 16.7 Å². The molecule has 33 heavy (non-hydrogen) atoms. The third kappa shape index (κ3) is 6.02. The zero-order chi connectivity index (χ0) is 23.2. The van der Waals surface area contributed by atoms with Gasteiger partial charge in [0.05, 0.1) is 5.69 Å². The van der Waals surface area contributed by atoms with E-state index in [4.69, 9.17) is 4.98 Å². The number of aromatic nitrogens is 1. The van der Waals surface area contributed by atoms with E-state index in [-0.39, 0.29) is 24.5 Å². The van der Waals surface area contributed by atoms with Crippen LogP contribution in [0.15, 0.2) is 78.2 Å². The molecule has 0 saturated heterocycles. The lowest BCUT2D eigenvalue weighted by Crippen LogP contribution is -2.23. The van der Waals surface area contributed by atoms with Gasteiger partial charge in [-0.1, -0.05) is 83.9 Å². The molecule has 1 heterocycles. The van der Waals surface area contributed by atoms with Gasteiger partial charge in [0.2, 0.25) is 5.91 Å². The van der Waals surface area contributed by atoms with Crippen LogP contribution in [0, 0.1) is 13.8 Å². The molecule has 4 nitrogen and oxygen atoms in total. The van der Waals surface area contributed by atoms with Crippen LogP contribution in [0.4, 0.5) is 0 Å². The lowest BCUT2D eigenvalue weighted by atomic mass is 10.0. The Morgan fingerprint density at radius 2 is 1.39 bits per heavy atom. The quantitative estimate of drug-likeness (QED) is 0.315. The zero-order valence-corrected chi connectivity index (χ0v) is 19.6. The predicted octanol–water partition coefficient (Wildman–Crippen LogP) is 6.37. The molecule has 0 bridgehead atoms. The lowest BCUT2D eigenvalue weighted by molar-refractivity contribution is -0.121. The third-order valence-electron chi connectivity index (χ3n) is 5.49. The number of hydrogen-bond acceptors (Lipinski definition) is 4. The Kier molecular flexibility index (Phi) is 7.10. The number of amides is 1. The van der Waals surface area contributed by atoms with Crippen LogP contribution < -0.4 is 5.32 Å². The topological polar surface area (TPSA) is 59.1 Å². The molecule has 166 valence electrons. The second kappa shape index (κ2) is 10.4. The first kappa shape index (κ1) is 22.6. The molecule has 1 aromatic heterocycles. The first-order valence-corrected chi connectivity index (χ1v) is 11.8. The van der Waals surface area contributed by atoms with Gasteiger partial charge in [0.1, 0.15) is 5.01 Å². The number of nitrogens with one attached hydrogen (secondary N) is 1. The average molecular weight is 455 g/mol. The monoisotopic (exact) mass is 454 g/mol. The number of carbonyl (C=O) groups is 2. The molecule has 0 radical (unpaired) electrons. The molecule has 0 aliphatic carbocycles. The van der Waals surface area contributed by atoms with E-state index in [2.05, 4.69) is 41.9 Å². The number of Topliss-reactive ketones (excluding diaryl/α,β-unsaturated/α-hetero) is 1. The molecule has 4 rings (SSSR count). The molecular formula is C28H26N2O2S. The van der Waals surface area contributed by atoms with Crippen molar-refractivity contribution < 1.29 is 9.59 Å². The highest BCUT2D eigenvalue weighted by molar-refractivity contribution is 7.13. The number of ketones is 1. The molecule has 1 amide bonds. The van der Waals surface area contributed by atoms with E-state index in [1.165, 1.54) is 5.56 Å². The van der Waals surface area contributed by atoms with Gasteiger partial charge in [-0.15, -0.1) is 11.3 Å². The van der Waals surface area contributed by atoms with Gasteiger partial charge in [-0.2, -0.15) is 0 Å². The summed E-state index contributed by atoms with van der Waals surface area (Å²) >= 11 is 1.62. The number of benzene rings is 3. The van der Waals surface area contributed by atoms with Crippen LogP contribution >= 0.6 is 11.3 Å². The van der Waals surface area contributed by atoms with Crippen molar-refractivity contribution in [3.8, 4) is 21.8 Å². The summed E-state index contributed by atoms with van der Waals surface area (Å²) in [6.07, 6.45) is 0.396. The Hall–Kier alpha value is -3.57. The fraction of sp³-hybridized carbons (Fsp3) is 0.179. The Labute approximate surface area is 198 Å². The van der Waals surface area contributed by atoms with Gasteiger partial charge < -0.3 is 5.32 Å². The third-order valence-corrected chi connectivity index (χ3v) is 6.39. The van der Waals surface area contributed by atoms with E-state index >= 15 is 0 Å². The van der Waals surface area contributed by atoms with E-state index in [1.54, 1.807) is 11.3 Å². The van der Waals surface area contributed by atoms with Crippen molar-refractivity contribution in [3.05, 3.63) is 100 Å². The molecule has 0 atom stereocenters. The number of nitrogens with zero attached hydrogens (tertiary/aromatic N) is 1. The normalized spacial score (nSPS) is 10.7. The summed E-state index contributed by atoms with van der Waals surface area (Å²) in [5, 5.41) is 5.94. The molecule has 0 aliphatic rings. The molecular weight excluding hydrogens is 428 g/mol. The van der Waals surface area contributed by atoms with Gasteiger partial charge in [-0.25, -0.2) is 4.98 Å². The minimum Gasteiger partial charge on any atom is -0.352 e. The molecule has 3 aromatic carbocycles. The number of aryl methyl sites for hydroxylation is 2. The predicted molar refractivity (Wildman–Crippen MR) is 134 cm³/mol. The molecule has 0 fully saturated rings. The van der Waals surface area contributed by atoms with Crippen molar-refractivity contribution in [2.24, 2.45) is 0 Å². The standard InChI is InChI=1S/C28H26N2O2S/c1-19-3-9-22(10-4-19)25-18-33-28(30-25)24-13-7-21(8-14-24)17-29-27(32)16-15-26(31)23-11-5-20(2)6-12-23/h3-14,18H,15-17H2,1-2H3,(H,29,32). The van der Waals surface area contributed by atoms with Gasteiger partial charge in [0, 0.05) is 41.5 Å². The van der Waals surface area contributed by atoms with E-state index in [1.807, 2.05) is 55.5 Å². The summed E-state index contributed by atoms with van der Waals surface area (Å²) in [7, 11) is 0. The molecule has 1 N–H and O–H groups in total. The zero-order valence-electron chi connectivity index (χ0n) is 18.8. The van der Waals surface area contributed by atoms with Crippen molar-refractivity contribution in [1.29, 1.82) is 0 Å². The summed E-state index contributed by atoms with van der Waals surface area (Å²) in [6, 6.07) is 23.9. The minimum atomic E-state index is -0.123. The summed E-state index contributed by atoms with van der Waals surface area (Å²) < 4.78 is 0. The Morgan fingerprint density at radius 1 is 0.788 bits per heavy atom. The van der Waals surface area contributed by atoms with E-state index in [0.717, 1.165) is 33.0 Å². The summed E-state index contributed by atoms with van der Waals surface area (Å²) in [5.74, 6) is -0.134. The van der Waals surface area contributed by atoms with Gasteiger partial charge in [0.15, 0.2) is 5.78 Å². The number of carbonyl (C=O) groups excluding carboxylic acids is 2. The number of hydrogen-bond donors (Lipinski definition) is 1. The number of rotatable bonds is 8. The highest BCUT2D eigenvalue weighted by atomic mass is 32.1. The van der Waals surface area contributed by atoms with Gasteiger partial charge in [-0.05, 0) is 19.4 Å². The summed E-state index contributed by atoms with van der Waals surface area (Å²) in [5.41, 5.74) is 7.14. The Bertz CT molecular complexity index is 1240. The molecule has 5 heteroatoms. The van der Waals surface area contributed by atoms with Crippen LogP contribution in [0.5, 0.6) is 0 Å². The maximum Gasteiger partial charge on any atom is 0.220 e. The molecule has 0 unspecified atom stereocenters. The number of thiazole rings is 1. The first-order valence-electron chi connectivity index (χ1n) is 11.0. The first-order chi connectivity index (χ1) is 16.0. The molecule has 4 aromatic rings. The maximum absolute atomic E-state index is 12.2. The van der Waals surface area contributed by atoms with Crippen LogP contribution in [0.3, 0.4) is 0 Å². The smallest absolute Gasteiger partial charge is 0.220 e. The van der Waals surface area contributed by atoms with Crippen LogP contribution in [0.1, 0.15) is 39.9 Å². The largest absolute Gasteiger partial charge is 0.352 e. The van der Waals surface area contributed by atoms with Crippen molar-refractivity contribution in [1.82, 2.24) is 10.3 Å².